The summed E-state index contributed by atoms with van der Waals surface area (Å²) < 4.78 is 26.8. The van der Waals surface area contributed by atoms with Gasteiger partial charge in [0.05, 0.1) is 10.6 Å². The lowest BCUT2D eigenvalue weighted by molar-refractivity contribution is -0.384. The molecule has 0 amide bonds. The van der Waals surface area contributed by atoms with Crippen molar-refractivity contribution in [2.45, 2.75) is 12.8 Å². The first-order valence-corrected chi connectivity index (χ1v) is 7.21. The highest BCUT2D eigenvalue weighted by Crippen LogP contribution is 2.33. The number of rotatable bonds is 3. The Balaban J connectivity index is 2.54. The Morgan fingerprint density at radius 3 is 2.63 bits per heavy atom. The molecule has 0 saturated heterocycles. The molecule has 0 N–H and O–H groups in total. The Hall–Kier alpha value is -1.67. The van der Waals surface area contributed by atoms with Gasteiger partial charge in [0.25, 0.3) is 5.69 Å². The van der Waals surface area contributed by atoms with Crippen molar-refractivity contribution in [2.75, 3.05) is 24.9 Å². The van der Waals surface area contributed by atoms with E-state index in [0.717, 1.165) is 16.3 Å². The first-order chi connectivity index (χ1) is 8.84. The van der Waals surface area contributed by atoms with Crippen LogP contribution in [0.5, 0.6) is 0 Å². The summed E-state index contributed by atoms with van der Waals surface area (Å²) in [5.41, 5.74) is 1.14. The van der Waals surface area contributed by atoms with Crippen molar-refractivity contribution in [3.05, 3.63) is 33.9 Å². The van der Waals surface area contributed by atoms with Crippen LogP contribution in [0.25, 0.3) is 0 Å². The van der Waals surface area contributed by atoms with E-state index in [1.165, 1.54) is 30.5 Å². The minimum Gasteiger partial charge on any atom is -0.258 e. The largest absolute Gasteiger partial charge is 0.303 e. The van der Waals surface area contributed by atoms with E-state index in [1.54, 1.807) is 6.07 Å². The van der Waals surface area contributed by atoms with Crippen LogP contribution in [0, 0.1) is 10.1 Å². The SMILES string of the molecule is CN(C)S(=O)(=O)N1CCCc2ccc([N+](=O)[O-])cc21. The molecule has 0 unspecified atom stereocenters. The molecule has 0 aromatic heterocycles. The zero-order chi connectivity index (χ0) is 14.2. The van der Waals surface area contributed by atoms with Gasteiger partial charge in [0.15, 0.2) is 0 Å². The van der Waals surface area contributed by atoms with Crippen LogP contribution >= 0.6 is 0 Å². The topological polar surface area (TPSA) is 83.8 Å². The number of nitrogens with zero attached hydrogens (tertiary/aromatic N) is 3. The third-order valence-corrected chi connectivity index (χ3v) is 4.95. The Kier molecular flexibility index (Phi) is 3.46. The van der Waals surface area contributed by atoms with Crippen LogP contribution in [0.2, 0.25) is 0 Å². The zero-order valence-electron chi connectivity index (χ0n) is 10.7. The fourth-order valence-corrected chi connectivity index (χ4v) is 3.25. The minimum atomic E-state index is -3.61. The Morgan fingerprint density at radius 2 is 2.05 bits per heavy atom. The maximum atomic E-state index is 12.2. The van der Waals surface area contributed by atoms with Crippen molar-refractivity contribution in [3.8, 4) is 0 Å². The van der Waals surface area contributed by atoms with E-state index in [4.69, 9.17) is 0 Å². The van der Waals surface area contributed by atoms with Crippen molar-refractivity contribution >= 4 is 21.6 Å². The standard InChI is InChI=1S/C11H15N3O4S/c1-12(2)19(17,18)13-7-3-4-9-5-6-10(14(15)16)8-11(9)13/h5-6,8H,3-4,7H2,1-2H3. The van der Waals surface area contributed by atoms with Gasteiger partial charge in [-0.3, -0.25) is 14.4 Å². The molecule has 7 nitrogen and oxygen atoms in total. The average Bonchev–Trinajstić information content (AvgIpc) is 2.36. The third-order valence-electron chi connectivity index (χ3n) is 3.10. The lowest BCUT2D eigenvalue weighted by Crippen LogP contribution is -2.42. The first kappa shape index (κ1) is 13.8. The molecule has 1 aliphatic rings. The number of non-ortho nitro benzene ring substituents is 1. The van der Waals surface area contributed by atoms with Crippen molar-refractivity contribution in [3.63, 3.8) is 0 Å². The summed E-state index contributed by atoms with van der Waals surface area (Å²) in [5, 5.41) is 10.8. The van der Waals surface area contributed by atoms with Crippen LogP contribution in [0.1, 0.15) is 12.0 Å². The van der Waals surface area contributed by atoms with E-state index in [-0.39, 0.29) is 5.69 Å². The molecular weight excluding hydrogens is 270 g/mol. The molecule has 1 aromatic carbocycles. The van der Waals surface area contributed by atoms with Gasteiger partial charge in [-0.1, -0.05) is 6.07 Å². The summed E-state index contributed by atoms with van der Waals surface area (Å²) in [4.78, 5) is 10.3. The number of hydrogen-bond acceptors (Lipinski definition) is 4. The first-order valence-electron chi connectivity index (χ1n) is 5.81. The third kappa shape index (κ3) is 2.41. The van der Waals surface area contributed by atoms with E-state index in [0.29, 0.717) is 18.7 Å². The molecule has 19 heavy (non-hydrogen) atoms. The van der Waals surface area contributed by atoms with Crippen LogP contribution in [-0.4, -0.2) is 38.3 Å². The predicted octanol–water partition coefficient (Wildman–Crippen LogP) is 1.15. The van der Waals surface area contributed by atoms with Gasteiger partial charge in [-0.05, 0) is 18.4 Å². The van der Waals surface area contributed by atoms with Gasteiger partial charge >= 0.3 is 10.2 Å². The molecule has 1 heterocycles. The molecule has 0 fully saturated rings. The highest BCUT2D eigenvalue weighted by Gasteiger charge is 2.30. The van der Waals surface area contributed by atoms with Crippen LogP contribution in [0.15, 0.2) is 18.2 Å². The molecule has 2 rings (SSSR count). The number of hydrogen-bond donors (Lipinski definition) is 0. The lowest BCUT2D eigenvalue weighted by Gasteiger charge is -2.32. The molecule has 8 heteroatoms. The molecule has 0 aliphatic carbocycles. The summed E-state index contributed by atoms with van der Waals surface area (Å²) in [6.45, 7) is 0.342. The van der Waals surface area contributed by atoms with Crippen molar-refractivity contribution < 1.29 is 13.3 Å². The van der Waals surface area contributed by atoms with E-state index in [9.17, 15) is 18.5 Å². The minimum absolute atomic E-state index is 0.0976. The van der Waals surface area contributed by atoms with Gasteiger partial charge in [-0.15, -0.1) is 0 Å². The molecular formula is C11H15N3O4S. The highest BCUT2D eigenvalue weighted by molar-refractivity contribution is 7.90. The van der Waals surface area contributed by atoms with Crippen molar-refractivity contribution in [2.24, 2.45) is 0 Å². The number of nitro benzene ring substituents is 1. The van der Waals surface area contributed by atoms with Crippen LogP contribution in [-0.2, 0) is 16.6 Å². The van der Waals surface area contributed by atoms with Crippen LogP contribution < -0.4 is 4.31 Å². The normalized spacial score (nSPS) is 15.4. The predicted molar refractivity (Wildman–Crippen MR) is 71.4 cm³/mol. The molecule has 0 atom stereocenters. The second-order valence-corrected chi connectivity index (χ2v) is 6.60. The van der Waals surface area contributed by atoms with Gasteiger partial charge in [-0.25, -0.2) is 0 Å². The quantitative estimate of drug-likeness (QED) is 0.616. The Morgan fingerprint density at radius 1 is 1.37 bits per heavy atom. The smallest absolute Gasteiger partial charge is 0.258 e. The van der Waals surface area contributed by atoms with Gasteiger partial charge in [0, 0.05) is 32.8 Å². The number of aryl methyl sites for hydroxylation is 1. The summed E-state index contributed by atoms with van der Waals surface area (Å²) in [6, 6.07) is 4.37. The highest BCUT2D eigenvalue weighted by atomic mass is 32.2. The molecule has 1 aliphatic heterocycles. The van der Waals surface area contributed by atoms with Gasteiger partial charge in [0.1, 0.15) is 0 Å². The fraction of sp³-hybridized carbons (Fsp3) is 0.455. The second kappa shape index (κ2) is 4.78. The molecule has 0 radical (unpaired) electrons. The second-order valence-electron chi connectivity index (χ2n) is 4.54. The van der Waals surface area contributed by atoms with Crippen LogP contribution in [0.3, 0.4) is 0 Å². The van der Waals surface area contributed by atoms with Crippen molar-refractivity contribution in [1.29, 1.82) is 0 Å². The average molecular weight is 285 g/mol. The molecule has 0 bridgehead atoms. The number of benzene rings is 1. The Labute approximate surface area is 111 Å². The van der Waals surface area contributed by atoms with E-state index in [2.05, 4.69) is 0 Å². The summed E-state index contributed by atoms with van der Waals surface area (Å²) in [7, 11) is -0.721. The number of fused-ring (bicyclic) bond motifs is 1. The molecule has 1 aromatic rings. The summed E-state index contributed by atoms with van der Waals surface area (Å²) >= 11 is 0. The summed E-state index contributed by atoms with van der Waals surface area (Å²) in [6.07, 6.45) is 1.44. The number of nitro groups is 1. The maximum Gasteiger partial charge on any atom is 0.303 e. The fourth-order valence-electron chi connectivity index (χ4n) is 2.08. The van der Waals surface area contributed by atoms with Gasteiger partial charge < -0.3 is 0 Å². The van der Waals surface area contributed by atoms with Gasteiger partial charge in [0.2, 0.25) is 0 Å². The molecule has 104 valence electrons. The van der Waals surface area contributed by atoms with E-state index < -0.39 is 15.1 Å². The van der Waals surface area contributed by atoms with E-state index >= 15 is 0 Å². The lowest BCUT2D eigenvalue weighted by atomic mass is 10.0. The Bertz CT molecular complexity index is 612. The molecule has 0 saturated carbocycles. The monoisotopic (exact) mass is 285 g/mol. The molecule has 0 spiro atoms. The number of anilines is 1. The van der Waals surface area contributed by atoms with E-state index in [1.807, 2.05) is 0 Å². The van der Waals surface area contributed by atoms with Gasteiger partial charge in [-0.2, -0.15) is 12.7 Å². The van der Waals surface area contributed by atoms with Crippen LogP contribution in [0.4, 0.5) is 11.4 Å². The maximum absolute atomic E-state index is 12.2. The summed E-state index contributed by atoms with van der Waals surface area (Å²) in [5.74, 6) is 0. The van der Waals surface area contributed by atoms with Crippen molar-refractivity contribution in [1.82, 2.24) is 4.31 Å². The zero-order valence-corrected chi connectivity index (χ0v) is 11.6.